The van der Waals surface area contributed by atoms with Gasteiger partial charge in [-0.2, -0.15) is 4.98 Å². The Morgan fingerprint density at radius 3 is 2.71 bits per heavy atom. The molecule has 24 heavy (non-hydrogen) atoms. The van der Waals surface area contributed by atoms with Crippen LogP contribution in [-0.4, -0.2) is 42.5 Å². The van der Waals surface area contributed by atoms with Crippen LogP contribution in [0.4, 0.5) is 17.5 Å². The molecule has 7 nitrogen and oxygen atoms in total. The highest BCUT2D eigenvalue weighted by molar-refractivity contribution is 7.91. The summed E-state index contributed by atoms with van der Waals surface area (Å²) >= 11 is 0. The minimum Gasteiger partial charge on any atom is -0.494 e. The van der Waals surface area contributed by atoms with E-state index in [0.717, 1.165) is 11.4 Å². The highest BCUT2D eigenvalue weighted by Crippen LogP contribution is 2.20. The largest absolute Gasteiger partial charge is 0.494 e. The van der Waals surface area contributed by atoms with E-state index in [-0.39, 0.29) is 17.5 Å². The van der Waals surface area contributed by atoms with Crippen molar-refractivity contribution in [3.63, 3.8) is 0 Å². The first-order chi connectivity index (χ1) is 11.5. The Labute approximate surface area is 141 Å². The van der Waals surface area contributed by atoms with E-state index in [2.05, 4.69) is 20.6 Å². The third-order valence-electron chi connectivity index (χ3n) is 3.66. The van der Waals surface area contributed by atoms with Gasteiger partial charge in [0.25, 0.3) is 0 Å². The normalized spacial score (nSPS) is 19.0. The number of rotatable bonds is 6. The number of anilines is 3. The van der Waals surface area contributed by atoms with E-state index in [1.54, 1.807) is 12.3 Å². The van der Waals surface area contributed by atoms with Crippen molar-refractivity contribution in [2.45, 2.75) is 19.4 Å². The molecule has 0 saturated carbocycles. The van der Waals surface area contributed by atoms with Gasteiger partial charge in [-0.25, -0.2) is 13.4 Å². The van der Waals surface area contributed by atoms with Gasteiger partial charge in [-0.1, -0.05) is 0 Å². The maximum absolute atomic E-state index is 11.5. The van der Waals surface area contributed by atoms with E-state index < -0.39 is 9.84 Å². The summed E-state index contributed by atoms with van der Waals surface area (Å²) in [5.74, 6) is 2.22. The molecule has 1 aromatic carbocycles. The van der Waals surface area contributed by atoms with Crippen LogP contribution >= 0.6 is 0 Å². The number of hydrogen-bond donors (Lipinski definition) is 2. The summed E-state index contributed by atoms with van der Waals surface area (Å²) in [6, 6.07) is 9.21. The second-order valence-electron chi connectivity index (χ2n) is 5.59. The van der Waals surface area contributed by atoms with Crippen molar-refractivity contribution < 1.29 is 13.2 Å². The van der Waals surface area contributed by atoms with Gasteiger partial charge in [0.2, 0.25) is 5.95 Å². The predicted octanol–water partition coefficient (Wildman–Crippen LogP) is 2.22. The van der Waals surface area contributed by atoms with E-state index in [4.69, 9.17) is 4.74 Å². The summed E-state index contributed by atoms with van der Waals surface area (Å²) in [7, 11) is -2.93. The van der Waals surface area contributed by atoms with Gasteiger partial charge >= 0.3 is 0 Å². The number of nitrogens with one attached hydrogen (secondary N) is 2. The zero-order valence-electron chi connectivity index (χ0n) is 13.4. The molecule has 8 heteroatoms. The Morgan fingerprint density at radius 2 is 2.04 bits per heavy atom. The van der Waals surface area contributed by atoms with Crippen LogP contribution in [0.3, 0.4) is 0 Å². The first kappa shape index (κ1) is 16.5. The quantitative estimate of drug-likeness (QED) is 0.827. The summed E-state index contributed by atoms with van der Waals surface area (Å²) in [6.07, 6.45) is 2.22. The molecule has 1 aromatic heterocycles. The lowest BCUT2D eigenvalue weighted by Crippen LogP contribution is -2.22. The molecule has 2 heterocycles. The third kappa shape index (κ3) is 4.35. The molecular formula is C16H20N4O3S. The molecule has 1 saturated heterocycles. The summed E-state index contributed by atoms with van der Waals surface area (Å²) in [5.41, 5.74) is 0.881. The first-order valence-corrected chi connectivity index (χ1v) is 9.66. The van der Waals surface area contributed by atoms with Gasteiger partial charge in [-0.05, 0) is 43.7 Å². The average Bonchev–Trinajstić information content (AvgIpc) is 2.89. The number of hydrogen-bond acceptors (Lipinski definition) is 7. The van der Waals surface area contributed by atoms with E-state index in [1.807, 2.05) is 31.2 Å². The van der Waals surface area contributed by atoms with Crippen LogP contribution in [0.5, 0.6) is 5.75 Å². The standard InChI is InChI=1S/C16H20N4O3S/c1-2-23-14-5-3-12(4-6-14)18-15-7-9-17-16(20-15)19-13-8-10-24(21,22)11-13/h3-7,9,13H,2,8,10-11H2,1H3,(H2,17,18,19,20). The Hall–Kier alpha value is -2.35. The van der Waals surface area contributed by atoms with Crippen molar-refractivity contribution >= 4 is 27.3 Å². The van der Waals surface area contributed by atoms with Gasteiger partial charge in [-0.3, -0.25) is 0 Å². The van der Waals surface area contributed by atoms with Crippen molar-refractivity contribution in [3.8, 4) is 5.75 Å². The van der Waals surface area contributed by atoms with Crippen LogP contribution in [0.2, 0.25) is 0 Å². The molecular weight excluding hydrogens is 328 g/mol. The lowest BCUT2D eigenvalue weighted by Gasteiger charge is -2.12. The maximum Gasteiger partial charge on any atom is 0.224 e. The molecule has 1 aliphatic rings. The van der Waals surface area contributed by atoms with E-state index >= 15 is 0 Å². The maximum atomic E-state index is 11.5. The second-order valence-corrected chi connectivity index (χ2v) is 7.82. The number of ether oxygens (including phenoxy) is 1. The summed E-state index contributed by atoms with van der Waals surface area (Å²) in [6.45, 7) is 2.57. The fourth-order valence-electron chi connectivity index (χ4n) is 2.54. The SMILES string of the molecule is CCOc1ccc(Nc2ccnc(NC3CCS(=O)(=O)C3)n2)cc1. The third-order valence-corrected chi connectivity index (χ3v) is 5.43. The van der Waals surface area contributed by atoms with Crippen molar-refractivity contribution in [2.75, 3.05) is 28.7 Å². The van der Waals surface area contributed by atoms with Gasteiger partial charge in [0.05, 0.1) is 18.1 Å². The van der Waals surface area contributed by atoms with Gasteiger partial charge in [0.15, 0.2) is 9.84 Å². The van der Waals surface area contributed by atoms with Crippen molar-refractivity contribution in [1.82, 2.24) is 9.97 Å². The Bertz CT molecular complexity index is 793. The average molecular weight is 348 g/mol. The monoisotopic (exact) mass is 348 g/mol. The van der Waals surface area contributed by atoms with Crippen LogP contribution in [0.15, 0.2) is 36.5 Å². The number of nitrogens with zero attached hydrogens (tertiary/aromatic N) is 2. The minimum atomic E-state index is -2.93. The van der Waals surface area contributed by atoms with Gasteiger partial charge in [-0.15, -0.1) is 0 Å². The van der Waals surface area contributed by atoms with Crippen LogP contribution in [0.1, 0.15) is 13.3 Å². The van der Waals surface area contributed by atoms with Crippen molar-refractivity contribution in [3.05, 3.63) is 36.5 Å². The fourth-order valence-corrected chi connectivity index (χ4v) is 4.21. The Kier molecular flexibility index (Phi) is 4.84. The molecule has 0 radical (unpaired) electrons. The molecule has 1 fully saturated rings. The highest BCUT2D eigenvalue weighted by Gasteiger charge is 2.28. The molecule has 1 aliphatic heterocycles. The topological polar surface area (TPSA) is 93.2 Å². The summed E-state index contributed by atoms with van der Waals surface area (Å²) in [5, 5.41) is 6.28. The molecule has 0 spiro atoms. The predicted molar refractivity (Wildman–Crippen MR) is 93.6 cm³/mol. The zero-order chi connectivity index (χ0) is 17.0. The highest BCUT2D eigenvalue weighted by atomic mass is 32.2. The fraction of sp³-hybridized carbons (Fsp3) is 0.375. The van der Waals surface area contributed by atoms with E-state index in [0.29, 0.717) is 24.8 Å². The first-order valence-electron chi connectivity index (χ1n) is 7.84. The van der Waals surface area contributed by atoms with Gasteiger partial charge in [0, 0.05) is 17.9 Å². The lowest BCUT2D eigenvalue weighted by molar-refractivity contribution is 0.340. The van der Waals surface area contributed by atoms with Crippen LogP contribution < -0.4 is 15.4 Å². The summed E-state index contributed by atoms with van der Waals surface area (Å²) < 4.78 is 28.4. The van der Waals surface area contributed by atoms with Gasteiger partial charge in [0.1, 0.15) is 11.6 Å². The Balaban J connectivity index is 1.64. The molecule has 2 N–H and O–H groups in total. The van der Waals surface area contributed by atoms with E-state index in [1.165, 1.54) is 0 Å². The molecule has 3 rings (SSSR count). The number of benzene rings is 1. The summed E-state index contributed by atoms with van der Waals surface area (Å²) in [4.78, 5) is 8.53. The molecule has 2 aromatic rings. The van der Waals surface area contributed by atoms with Crippen molar-refractivity contribution in [2.24, 2.45) is 0 Å². The van der Waals surface area contributed by atoms with Crippen LogP contribution in [-0.2, 0) is 9.84 Å². The Morgan fingerprint density at radius 1 is 1.25 bits per heavy atom. The van der Waals surface area contributed by atoms with Crippen molar-refractivity contribution in [1.29, 1.82) is 0 Å². The molecule has 0 aliphatic carbocycles. The molecule has 0 bridgehead atoms. The minimum absolute atomic E-state index is 0.129. The molecule has 128 valence electrons. The second kappa shape index (κ2) is 7.04. The number of aromatic nitrogens is 2. The smallest absolute Gasteiger partial charge is 0.224 e. The zero-order valence-corrected chi connectivity index (χ0v) is 14.2. The molecule has 1 atom stereocenters. The van der Waals surface area contributed by atoms with Crippen LogP contribution in [0.25, 0.3) is 0 Å². The van der Waals surface area contributed by atoms with Crippen LogP contribution in [0, 0.1) is 0 Å². The number of sulfone groups is 1. The van der Waals surface area contributed by atoms with Gasteiger partial charge < -0.3 is 15.4 Å². The van der Waals surface area contributed by atoms with E-state index in [9.17, 15) is 8.42 Å². The lowest BCUT2D eigenvalue weighted by atomic mass is 10.3. The molecule has 1 unspecified atom stereocenters. The molecule has 0 amide bonds.